The van der Waals surface area contributed by atoms with E-state index >= 15 is 0 Å². The monoisotopic (exact) mass is 625 g/mol. The molecule has 11 heteroatoms. The lowest BCUT2D eigenvalue weighted by Gasteiger charge is -2.38. The zero-order chi connectivity index (χ0) is 29.7. The fourth-order valence-corrected chi connectivity index (χ4v) is 5.69. The molecule has 40 heavy (non-hydrogen) atoms. The molecule has 0 radical (unpaired) electrons. The highest BCUT2D eigenvalue weighted by Gasteiger charge is 2.54. The van der Waals surface area contributed by atoms with E-state index in [1.54, 1.807) is 13.8 Å². The number of hydrogen-bond donors (Lipinski definition) is 2. The number of carbonyl (C=O) groups excluding carboxylic acids is 3. The van der Waals surface area contributed by atoms with Gasteiger partial charge in [-0.1, -0.05) is 51.1 Å². The third-order valence-electron chi connectivity index (χ3n) is 7.13. The third kappa shape index (κ3) is 7.57. The number of cyclic esters (lactones) is 1. The summed E-state index contributed by atoms with van der Waals surface area (Å²) >= 11 is 3.23. The molecular formula is C29H40BrNO9. The molecule has 0 aliphatic carbocycles. The van der Waals surface area contributed by atoms with E-state index in [0.717, 1.165) is 10.5 Å². The molecule has 2 aliphatic rings. The van der Waals surface area contributed by atoms with Crippen LogP contribution in [0.5, 0.6) is 0 Å². The minimum absolute atomic E-state index is 0.0663. The summed E-state index contributed by atoms with van der Waals surface area (Å²) in [5.74, 6) is -4.10. The Morgan fingerprint density at radius 1 is 1.18 bits per heavy atom. The van der Waals surface area contributed by atoms with Crippen molar-refractivity contribution in [3.63, 3.8) is 0 Å². The molecule has 5 atom stereocenters. The molecule has 0 spiro atoms. The van der Waals surface area contributed by atoms with Crippen LogP contribution in [0.4, 0.5) is 4.79 Å². The Balaban J connectivity index is 1.55. The summed E-state index contributed by atoms with van der Waals surface area (Å²) in [6, 6.07) is 9.07. The summed E-state index contributed by atoms with van der Waals surface area (Å²) in [6.07, 6.45) is -0.939. The summed E-state index contributed by atoms with van der Waals surface area (Å²) in [5.41, 5.74) is 0.0970. The number of ketones is 1. The Bertz CT molecular complexity index is 1080. The van der Waals surface area contributed by atoms with Gasteiger partial charge in [0.1, 0.15) is 17.8 Å². The number of nitrogens with zero attached hydrogens (tertiary/aromatic N) is 1. The molecule has 2 heterocycles. The normalized spacial score (nSPS) is 26.0. The number of halogens is 1. The highest BCUT2D eigenvalue weighted by molar-refractivity contribution is 9.11. The zero-order valence-electron chi connectivity index (χ0n) is 23.7. The molecule has 3 rings (SSSR count). The van der Waals surface area contributed by atoms with Gasteiger partial charge >= 0.3 is 6.09 Å². The topological polar surface area (TPSA) is 132 Å². The van der Waals surface area contributed by atoms with E-state index in [4.69, 9.17) is 18.9 Å². The molecule has 1 fully saturated rings. The Labute approximate surface area is 243 Å². The Kier molecular flexibility index (Phi) is 11.1. The van der Waals surface area contributed by atoms with Crippen molar-refractivity contribution in [3.05, 3.63) is 46.5 Å². The minimum Gasteiger partial charge on any atom is -0.441 e. The van der Waals surface area contributed by atoms with Crippen LogP contribution in [-0.4, -0.2) is 82.4 Å². The number of aliphatic hydroxyl groups excluding tert-OH is 1. The summed E-state index contributed by atoms with van der Waals surface area (Å²) in [5, 5.41) is 20.8. The Hall–Kier alpha value is -2.15. The first-order chi connectivity index (χ1) is 18.8. The van der Waals surface area contributed by atoms with E-state index in [2.05, 4.69) is 15.9 Å². The van der Waals surface area contributed by atoms with E-state index in [-0.39, 0.29) is 36.6 Å². The fourth-order valence-electron chi connectivity index (χ4n) is 5.18. The van der Waals surface area contributed by atoms with Gasteiger partial charge in [0.2, 0.25) is 5.91 Å². The number of aliphatic hydroxyl groups is 2. The number of hydrogen-bond acceptors (Lipinski definition) is 9. The van der Waals surface area contributed by atoms with Crippen LogP contribution in [0, 0.1) is 11.8 Å². The van der Waals surface area contributed by atoms with E-state index in [9.17, 15) is 24.6 Å². The van der Waals surface area contributed by atoms with Crippen molar-refractivity contribution in [1.82, 2.24) is 4.90 Å². The minimum atomic E-state index is -1.86. The van der Waals surface area contributed by atoms with E-state index in [1.807, 2.05) is 44.2 Å². The summed E-state index contributed by atoms with van der Waals surface area (Å²) in [6.45, 7) is 9.30. The second kappa shape index (κ2) is 13.7. The quantitative estimate of drug-likeness (QED) is 0.315. The molecular weight excluding hydrogens is 586 g/mol. The van der Waals surface area contributed by atoms with Crippen molar-refractivity contribution < 1.29 is 43.5 Å². The van der Waals surface area contributed by atoms with Gasteiger partial charge in [-0.25, -0.2) is 9.69 Å². The van der Waals surface area contributed by atoms with Gasteiger partial charge in [0, 0.05) is 13.0 Å². The van der Waals surface area contributed by atoms with Crippen molar-refractivity contribution in [1.29, 1.82) is 0 Å². The van der Waals surface area contributed by atoms with Crippen molar-refractivity contribution >= 4 is 33.7 Å². The average molecular weight is 627 g/mol. The van der Waals surface area contributed by atoms with E-state index < -0.39 is 53.3 Å². The first-order valence-corrected chi connectivity index (χ1v) is 14.3. The van der Waals surface area contributed by atoms with Crippen molar-refractivity contribution in [2.75, 3.05) is 19.8 Å². The van der Waals surface area contributed by atoms with Crippen LogP contribution in [0.2, 0.25) is 0 Å². The van der Waals surface area contributed by atoms with Crippen LogP contribution in [0.3, 0.4) is 0 Å². The maximum Gasteiger partial charge on any atom is 0.417 e. The van der Waals surface area contributed by atoms with Crippen molar-refractivity contribution in [2.24, 2.45) is 11.8 Å². The molecule has 222 valence electrons. The molecule has 1 aromatic rings. The van der Waals surface area contributed by atoms with Gasteiger partial charge in [0.05, 0.1) is 36.3 Å². The predicted molar refractivity (Wildman–Crippen MR) is 149 cm³/mol. The molecule has 2 aliphatic heterocycles. The van der Waals surface area contributed by atoms with Gasteiger partial charge in [-0.2, -0.15) is 0 Å². The van der Waals surface area contributed by atoms with Crippen LogP contribution in [0.1, 0.15) is 53.0 Å². The zero-order valence-corrected chi connectivity index (χ0v) is 25.3. The van der Waals surface area contributed by atoms with Gasteiger partial charge < -0.3 is 29.2 Å². The summed E-state index contributed by atoms with van der Waals surface area (Å²) in [4.78, 5) is 40.0. The van der Waals surface area contributed by atoms with E-state index in [0.29, 0.717) is 13.0 Å². The van der Waals surface area contributed by atoms with Crippen LogP contribution in [0.15, 0.2) is 40.9 Å². The van der Waals surface area contributed by atoms with Crippen molar-refractivity contribution in [2.45, 2.75) is 83.7 Å². The van der Waals surface area contributed by atoms with Crippen LogP contribution in [-0.2, 0) is 35.1 Å². The van der Waals surface area contributed by atoms with Crippen LogP contribution < -0.4 is 0 Å². The molecule has 2 N–H and O–H groups in total. The lowest BCUT2D eigenvalue weighted by molar-refractivity contribution is -0.218. The molecule has 2 amide bonds. The standard InChI is InChI=1S/C29H40BrNO9/c1-18(2)25-28(4,5)40-27(35)31(25)26(34)19(3)24-22(33)14-23(30)29(36,39-24)12-9-13-37-17-21(15-32)38-16-20-10-7-6-8-11-20/h6-8,10-11,14,18-19,21,24-25,32,36H,9,12-13,15-17H2,1-5H3. The maximum absolute atomic E-state index is 13.5. The summed E-state index contributed by atoms with van der Waals surface area (Å²) < 4.78 is 22.8. The molecule has 1 saturated heterocycles. The maximum atomic E-state index is 13.5. The molecule has 10 nitrogen and oxygen atoms in total. The number of benzene rings is 1. The van der Waals surface area contributed by atoms with Crippen molar-refractivity contribution in [3.8, 4) is 0 Å². The van der Waals surface area contributed by atoms with Gasteiger partial charge in [-0.3, -0.25) is 9.59 Å². The number of rotatable bonds is 13. The van der Waals surface area contributed by atoms with Gasteiger partial charge in [-0.05, 0) is 53.8 Å². The number of imide groups is 1. The van der Waals surface area contributed by atoms with Gasteiger partial charge in [-0.15, -0.1) is 0 Å². The van der Waals surface area contributed by atoms with Gasteiger partial charge in [0.15, 0.2) is 11.6 Å². The summed E-state index contributed by atoms with van der Waals surface area (Å²) in [7, 11) is 0. The molecule has 0 bridgehead atoms. The molecule has 1 aromatic carbocycles. The first-order valence-electron chi connectivity index (χ1n) is 13.5. The second-order valence-electron chi connectivity index (χ2n) is 11.2. The number of amides is 2. The fraction of sp³-hybridized carbons (Fsp3) is 0.621. The smallest absolute Gasteiger partial charge is 0.417 e. The lowest BCUT2D eigenvalue weighted by atomic mass is 9.87. The Morgan fingerprint density at radius 2 is 1.85 bits per heavy atom. The average Bonchev–Trinajstić information content (AvgIpc) is 3.15. The number of ether oxygens (including phenoxy) is 4. The van der Waals surface area contributed by atoms with Gasteiger partial charge in [0.25, 0.3) is 0 Å². The third-order valence-corrected chi connectivity index (χ3v) is 7.98. The Morgan fingerprint density at radius 3 is 2.48 bits per heavy atom. The van der Waals surface area contributed by atoms with E-state index in [1.165, 1.54) is 13.0 Å². The van der Waals surface area contributed by atoms with Crippen LogP contribution in [0.25, 0.3) is 0 Å². The molecule has 5 unspecified atom stereocenters. The number of carbonyl (C=O) groups is 3. The molecule has 0 saturated carbocycles. The first kappa shape index (κ1) is 32.4. The molecule has 0 aromatic heterocycles. The second-order valence-corrected chi connectivity index (χ2v) is 12.0. The lowest BCUT2D eigenvalue weighted by Crippen LogP contribution is -2.54. The largest absolute Gasteiger partial charge is 0.441 e. The highest BCUT2D eigenvalue weighted by Crippen LogP contribution is 2.39. The SMILES string of the molecule is CC(C)C1N(C(=O)C(C)C2OC(O)(CCCOCC(CO)OCc3ccccc3)C(Br)=CC2=O)C(=O)OC1(C)C. The predicted octanol–water partition coefficient (Wildman–Crippen LogP) is 3.71. The van der Waals surface area contributed by atoms with Crippen LogP contribution >= 0.6 is 15.9 Å². The highest BCUT2D eigenvalue weighted by atomic mass is 79.9.